The van der Waals surface area contributed by atoms with Crippen LogP contribution in [0.3, 0.4) is 0 Å². The number of pyridine rings is 1. The Morgan fingerprint density at radius 1 is 1.53 bits per heavy atom. The normalized spacial score (nSPS) is 12.6. The van der Waals surface area contributed by atoms with E-state index in [2.05, 4.69) is 50.8 Å². The molecule has 0 aliphatic heterocycles. The highest BCUT2D eigenvalue weighted by molar-refractivity contribution is 9.10. The molecule has 2 heterocycles. The summed E-state index contributed by atoms with van der Waals surface area (Å²) in [7, 11) is 0. The summed E-state index contributed by atoms with van der Waals surface area (Å²) in [6.45, 7) is 2.06. The standard InChI is InChI=1S/C12H14BrN3S/c1-8-2-3-15-11(4-8)12(16-14)6-10-5-9(13)7-17-10/h2-5,7,12,16H,6,14H2,1H3. The Morgan fingerprint density at radius 3 is 2.94 bits per heavy atom. The van der Waals surface area contributed by atoms with E-state index < -0.39 is 0 Å². The molecule has 2 aromatic rings. The van der Waals surface area contributed by atoms with Crippen molar-refractivity contribution in [2.24, 2.45) is 5.84 Å². The van der Waals surface area contributed by atoms with E-state index in [4.69, 9.17) is 5.84 Å². The molecule has 0 aliphatic carbocycles. The van der Waals surface area contributed by atoms with Crippen LogP contribution in [0.5, 0.6) is 0 Å². The molecule has 90 valence electrons. The molecule has 5 heteroatoms. The van der Waals surface area contributed by atoms with Crippen LogP contribution in [0.4, 0.5) is 0 Å². The van der Waals surface area contributed by atoms with Gasteiger partial charge in [0.1, 0.15) is 0 Å². The summed E-state index contributed by atoms with van der Waals surface area (Å²) in [5, 5.41) is 2.08. The molecule has 0 aromatic carbocycles. The van der Waals surface area contributed by atoms with Gasteiger partial charge in [-0.2, -0.15) is 0 Å². The molecule has 17 heavy (non-hydrogen) atoms. The van der Waals surface area contributed by atoms with E-state index in [1.54, 1.807) is 11.3 Å². The summed E-state index contributed by atoms with van der Waals surface area (Å²) in [4.78, 5) is 5.64. The van der Waals surface area contributed by atoms with Crippen LogP contribution in [0, 0.1) is 6.92 Å². The Morgan fingerprint density at radius 2 is 2.35 bits per heavy atom. The smallest absolute Gasteiger partial charge is 0.0680 e. The van der Waals surface area contributed by atoms with Crippen LogP contribution in [-0.2, 0) is 6.42 Å². The average molecular weight is 312 g/mol. The second kappa shape index (κ2) is 5.73. The Hall–Kier alpha value is -0.750. The monoisotopic (exact) mass is 311 g/mol. The molecule has 1 atom stereocenters. The molecule has 0 aliphatic rings. The molecular weight excluding hydrogens is 298 g/mol. The van der Waals surface area contributed by atoms with Gasteiger partial charge >= 0.3 is 0 Å². The van der Waals surface area contributed by atoms with Crippen molar-refractivity contribution >= 4 is 27.3 Å². The summed E-state index contributed by atoms with van der Waals surface area (Å²) < 4.78 is 1.12. The van der Waals surface area contributed by atoms with Gasteiger partial charge in [0.05, 0.1) is 11.7 Å². The number of nitrogens with two attached hydrogens (primary N) is 1. The van der Waals surface area contributed by atoms with E-state index >= 15 is 0 Å². The van der Waals surface area contributed by atoms with Crippen LogP contribution in [0.25, 0.3) is 0 Å². The van der Waals surface area contributed by atoms with Crippen LogP contribution >= 0.6 is 27.3 Å². The maximum atomic E-state index is 5.61. The Balaban J connectivity index is 2.16. The number of thiophene rings is 1. The predicted octanol–water partition coefficient (Wildman–Crippen LogP) is 2.96. The topological polar surface area (TPSA) is 50.9 Å². The van der Waals surface area contributed by atoms with Crippen LogP contribution < -0.4 is 11.3 Å². The first-order valence-electron chi connectivity index (χ1n) is 5.30. The third-order valence-corrected chi connectivity index (χ3v) is 4.24. The molecule has 1 unspecified atom stereocenters. The van der Waals surface area contributed by atoms with Gasteiger partial charge in [-0.15, -0.1) is 11.3 Å². The largest absolute Gasteiger partial charge is 0.271 e. The maximum absolute atomic E-state index is 5.61. The Kier molecular flexibility index (Phi) is 4.28. The first-order chi connectivity index (χ1) is 8.19. The van der Waals surface area contributed by atoms with E-state index in [-0.39, 0.29) is 6.04 Å². The van der Waals surface area contributed by atoms with Crippen LogP contribution in [0.1, 0.15) is 22.2 Å². The fourth-order valence-electron chi connectivity index (χ4n) is 1.66. The second-order valence-electron chi connectivity index (χ2n) is 3.91. The summed E-state index contributed by atoms with van der Waals surface area (Å²) in [6.07, 6.45) is 2.67. The summed E-state index contributed by atoms with van der Waals surface area (Å²) >= 11 is 5.18. The average Bonchev–Trinajstić information content (AvgIpc) is 2.72. The van der Waals surface area contributed by atoms with Gasteiger partial charge in [-0.3, -0.25) is 16.3 Å². The third-order valence-electron chi connectivity index (χ3n) is 2.52. The van der Waals surface area contributed by atoms with E-state index in [1.165, 1.54) is 10.4 Å². The lowest BCUT2D eigenvalue weighted by Gasteiger charge is -2.14. The molecule has 3 nitrogen and oxygen atoms in total. The minimum atomic E-state index is 0.0560. The minimum absolute atomic E-state index is 0.0560. The SMILES string of the molecule is Cc1ccnc(C(Cc2cc(Br)cs2)NN)c1. The predicted molar refractivity (Wildman–Crippen MR) is 74.8 cm³/mol. The first-order valence-corrected chi connectivity index (χ1v) is 6.98. The number of aryl methyl sites for hydroxylation is 1. The Labute approximate surface area is 113 Å². The lowest BCUT2D eigenvalue weighted by atomic mass is 10.1. The summed E-state index contributed by atoms with van der Waals surface area (Å²) in [6, 6.07) is 6.22. The van der Waals surface area contributed by atoms with Gasteiger partial charge in [-0.05, 0) is 46.6 Å². The fraction of sp³-hybridized carbons (Fsp3) is 0.250. The van der Waals surface area contributed by atoms with E-state index in [0.29, 0.717) is 0 Å². The lowest BCUT2D eigenvalue weighted by molar-refractivity contribution is 0.541. The molecule has 3 N–H and O–H groups in total. The number of nitrogens with zero attached hydrogens (tertiary/aromatic N) is 1. The number of rotatable bonds is 4. The molecule has 0 spiro atoms. The number of hydrogen-bond acceptors (Lipinski definition) is 4. The highest BCUT2D eigenvalue weighted by atomic mass is 79.9. The van der Waals surface area contributed by atoms with Crippen molar-refractivity contribution in [2.75, 3.05) is 0 Å². The zero-order valence-corrected chi connectivity index (χ0v) is 11.9. The molecule has 2 aromatic heterocycles. The molecule has 0 saturated carbocycles. The fourth-order valence-corrected chi connectivity index (χ4v) is 3.16. The van der Waals surface area contributed by atoms with Gasteiger partial charge in [0.15, 0.2) is 0 Å². The number of nitrogens with one attached hydrogen (secondary N) is 1. The molecule has 0 amide bonds. The molecule has 0 radical (unpaired) electrons. The summed E-state index contributed by atoms with van der Waals surface area (Å²) in [5.74, 6) is 5.61. The van der Waals surface area contributed by atoms with Crippen molar-refractivity contribution in [3.63, 3.8) is 0 Å². The van der Waals surface area contributed by atoms with Crippen molar-refractivity contribution in [1.82, 2.24) is 10.4 Å². The quantitative estimate of drug-likeness (QED) is 0.674. The number of halogens is 1. The van der Waals surface area contributed by atoms with Crippen LogP contribution in [0.2, 0.25) is 0 Å². The van der Waals surface area contributed by atoms with Gasteiger partial charge in [-0.25, -0.2) is 0 Å². The molecule has 0 fully saturated rings. The first kappa shape index (κ1) is 12.7. The molecular formula is C12H14BrN3S. The minimum Gasteiger partial charge on any atom is -0.271 e. The lowest BCUT2D eigenvalue weighted by Crippen LogP contribution is -2.30. The highest BCUT2D eigenvalue weighted by Gasteiger charge is 2.13. The van der Waals surface area contributed by atoms with Crippen molar-refractivity contribution in [1.29, 1.82) is 0 Å². The third kappa shape index (κ3) is 3.35. The van der Waals surface area contributed by atoms with E-state index in [9.17, 15) is 0 Å². The van der Waals surface area contributed by atoms with Crippen molar-refractivity contribution in [3.05, 3.63) is 50.4 Å². The van der Waals surface area contributed by atoms with Gasteiger partial charge in [0.2, 0.25) is 0 Å². The molecule has 0 bridgehead atoms. The van der Waals surface area contributed by atoms with Crippen LogP contribution in [0.15, 0.2) is 34.2 Å². The van der Waals surface area contributed by atoms with Crippen molar-refractivity contribution < 1.29 is 0 Å². The number of aromatic nitrogens is 1. The summed E-state index contributed by atoms with van der Waals surface area (Å²) in [5.41, 5.74) is 5.01. The van der Waals surface area contributed by atoms with E-state index in [0.717, 1.165) is 16.6 Å². The van der Waals surface area contributed by atoms with Gasteiger partial charge in [0.25, 0.3) is 0 Å². The van der Waals surface area contributed by atoms with Gasteiger partial charge in [0, 0.05) is 27.3 Å². The highest BCUT2D eigenvalue weighted by Crippen LogP contribution is 2.24. The van der Waals surface area contributed by atoms with Crippen molar-refractivity contribution in [3.8, 4) is 0 Å². The van der Waals surface area contributed by atoms with Gasteiger partial charge < -0.3 is 0 Å². The Bertz CT molecular complexity index is 498. The maximum Gasteiger partial charge on any atom is 0.0680 e. The van der Waals surface area contributed by atoms with Crippen LogP contribution in [-0.4, -0.2) is 4.98 Å². The zero-order valence-electron chi connectivity index (χ0n) is 9.48. The zero-order chi connectivity index (χ0) is 12.3. The van der Waals surface area contributed by atoms with Gasteiger partial charge in [-0.1, -0.05) is 0 Å². The second-order valence-corrected chi connectivity index (χ2v) is 5.82. The molecule has 0 saturated heterocycles. The molecule has 2 rings (SSSR count). The number of hydrogen-bond donors (Lipinski definition) is 2. The van der Waals surface area contributed by atoms with Crippen molar-refractivity contribution in [2.45, 2.75) is 19.4 Å². The number of hydrazine groups is 1. The van der Waals surface area contributed by atoms with E-state index in [1.807, 2.05) is 12.3 Å².